The zero-order valence-electron chi connectivity index (χ0n) is 6.92. The summed E-state index contributed by atoms with van der Waals surface area (Å²) in [6.07, 6.45) is 5.81. The molecule has 11 heavy (non-hydrogen) atoms. The Morgan fingerprint density at radius 2 is 2.09 bits per heavy atom. The molecule has 1 heteroatoms. The zero-order valence-corrected chi connectivity index (χ0v) is 6.92. The van der Waals surface area contributed by atoms with Crippen molar-refractivity contribution >= 4 is 0 Å². The minimum Gasteiger partial charge on any atom is -0.393 e. The SMILES string of the molecule is C=C1C[C@@H]2CCC[C@H](O)[C@H]2C1. The summed E-state index contributed by atoms with van der Waals surface area (Å²) >= 11 is 0. The van der Waals surface area contributed by atoms with Crippen LogP contribution < -0.4 is 0 Å². The lowest BCUT2D eigenvalue weighted by molar-refractivity contribution is 0.0480. The van der Waals surface area contributed by atoms with Crippen molar-refractivity contribution in [2.45, 2.75) is 38.2 Å². The fourth-order valence-corrected chi connectivity index (χ4v) is 2.68. The van der Waals surface area contributed by atoms with E-state index in [0.29, 0.717) is 5.92 Å². The molecule has 2 saturated carbocycles. The monoisotopic (exact) mass is 152 g/mol. The van der Waals surface area contributed by atoms with Gasteiger partial charge >= 0.3 is 0 Å². The number of hydrogen-bond acceptors (Lipinski definition) is 1. The van der Waals surface area contributed by atoms with Crippen molar-refractivity contribution in [1.29, 1.82) is 0 Å². The summed E-state index contributed by atoms with van der Waals surface area (Å²) in [5, 5.41) is 9.66. The maximum absolute atomic E-state index is 9.66. The molecule has 0 heterocycles. The molecular weight excluding hydrogens is 136 g/mol. The molecule has 0 bridgehead atoms. The second-order valence-electron chi connectivity index (χ2n) is 4.08. The molecular formula is C10H16O. The molecule has 1 N–H and O–H groups in total. The molecule has 2 aliphatic rings. The van der Waals surface area contributed by atoms with E-state index in [1.165, 1.54) is 24.8 Å². The first-order chi connectivity index (χ1) is 5.27. The summed E-state index contributed by atoms with van der Waals surface area (Å²) in [5.41, 5.74) is 1.36. The van der Waals surface area contributed by atoms with Crippen molar-refractivity contribution in [2.75, 3.05) is 0 Å². The lowest BCUT2D eigenvalue weighted by Gasteiger charge is -2.29. The zero-order chi connectivity index (χ0) is 7.84. The standard InChI is InChI=1S/C10H16O/c1-7-5-8-3-2-4-10(11)9(8)6-7/h8-11H,1-6H2/t8-,9-,10-/m0/s1. The second kappa shape index (κ2) is 2.63. The van der Waals surface area contributed by atoms with Gasteiger partial charge in [0, 0.05) is 0 Å². The number of hydrogen-bond donors (Lipinski definition) is 1. The Labute approximate surface area is 68.1 Å². The van der Waals surface area contributed by atoms with Crippen LogP contribution in [0.25, 0.3) is 0 Å². The first-order valence-corrected chi connectivity index (χ1v) is 4.62. The van der Waals surface area contributed by atoms with Gasteiger partial charge in [0.15, 0.2) is 0 Å². The summed E-state index contributed by atoms with van der Waals surface area (Å²) in [6, 6.07) is 0. The van der Waals surface area contributed by atoms with E-state index in [0.717, 1.165) is 18.8 Å². The third-order valence-corrected chi connectivity index (χ3v) is 3.25. The Hall–Kier alpha value is -0.300. The molecule has 2 fully saturated rings. The van der Waals surface area contributed by atoms with Gasteiger partial charge in [-0.3, -0.25) is 0 Å². The van der Waals surface area contributed by atoms with Gasteiger partial charge in [0.25, 0.3) is 0 Å². The number of fused-ring (bicyclic) bond motifs is 1. The highest BCUT2D eigenvalue weighted by Gasteiger charge is 2.36. The van der Waals surface area contributed by atoms with Crippen LogP contribution in [0.1, 0.15) is 32.1 Å². The lowest BCUT2D eigenvalue weighted by atomic mass is 9.80. The molecule has 3 atom stereocenters. The smallest absolute Gasteiger partial charge is 0.0574 e. The molecule has 0 unspecified atom stereocenters. The van der Waals surface area contributed by atoms with E-state index >= 15 is 0 Å². The van der Waals surface area contributed by atoms with E-state index in [9.17, 15) is 5.11 Å². The molecule has 2 aliphatic carbocycles. The summed E-state index contributed by atoms with van der Waals surface area (Å²) < 4.78 is 0. The fourth-order valence-electron chi connectivity index (χ4n) is 2.68. The minimum absolute atomic E-state index is 0.0204. The first kappa shape index (κ1) is 7.35. The molecule has 0 aliphatic heterocycles. The maximum Gasteiger partial charge on any atom is 0.0574 e. The summed E-state index contributed by atoms with van der Waals surface area (Å²) in [7, 11) is 0. The van der Waals surface area contributed by atoms with Gasteiger partial charge in [-0.2, -0.15) is 0 Å². The van der Waals surface area contributed by atoms with Gasteiger partial charge < -0.3 is 5.11 Å². The highest BCUT2D eigenvalue weighted by Crippen LogP contribution is 2.44. The van der Waals surface area contributed by atoms with Crippen LogP contribution in [-0.2, 0) is 0 Å². The molecule has 1 nitrogen and oxygen atoms in total. The van der Waals surface area contributed by atoms with Crippen molar-refractivity contribution < 1.29 is 5.11 Å². The average molecular weight is 152 g/mol. The van der Waals surface area contributed by atoms with Crippen LogP contribution in [0.15, 0.2) is 12.2 Å². The van der Waals surface area contributed by atoms with Crippen LogP contribution >= 0.6 is 0 Å². The summed E-state index contributed by atoms with van der Waals surface area (Å²) in [5.74, 6) is 1.34. The van der Waals surface area contributed by atoms with Crippen LogP contribution in [0.2, 0.25) is 0 Å². The van der Waals surface area contributed by atoms with Gasteiger partial charge in [-0.05, 0) is 37.5 Å². The van der Waals surface area contributed by atoms with Gasteiger partial charge in [0.2, 0.25) is 0 Å². The van der Waals surface area contributed by atoms with E-state index < -0.39 is 0 Å². The topological polar surface area (TPSA) is 20.2 Å². The van der Waals surface area contributed by atoms with E-state index in [2.05, 4.69) is 6.58 Å². The second-order valence-corrected chi connectivity index (χ2v) is 4.08. The quantitative estimate of drug-likeness (QED) is 0.527. The molecule has 0 aromatic heterocycles. The predicted molar refractivity (Wildman–Crippen MR) is 45.2 cm³/mol. The van der Waals surface area contributed by atoms with E-state index in [-0.39, 0.29) is 6.10 Å². The van der Waals surface area contributed by atoms with E-state index in [4.69, 9.17) is 0 Å². The Kier molecular flexibility index (Phi) is 1.76. The maximum atomic E-state index is 9.66. The summed E-state index contributed by atoms with van der Waals surface area (Å²) in [6.45, 7) is 4.00. The minimum atomic E-state index is -0.0204. The molecule has 0 amide bonds. The van der Waals surface area contributed by atoms with Crippen molar-refractivity contribution in [1.82, 2.24) is 0 Å². The van der Waals surface area contributed by atoms with Crippen molar-refractivity contribution in [3.05, 3.63) is 12.2 Å². The van der Waals surface area contributed by atoms with Crippen LogP contribution in [-0.4, -0.2) is 11.2 Å². The third kappa shape index (κ3) is 1.22. The van der Waals surface area contributed by atoms with E-state index in [1.807, 2.05) is 0 Å². The Morgan fingerprint density at radius 1 is 1.27 bits per heavy atom. The average Bonchev–Trinajstić information content (AvgIpc) is 2.31. The molecule has 62 valence electrons. The fraction of sp³-hybridized carbons (Fsp3) is 0.800. The first-order valence-electron chi connectivity index (χ1n) is 4.62. The van der Waals surface area contributed by atoms with Gasteiger partial charge in [0.05, 0.1) is 6.10 Å². The molecule has 0 aromatic carbocycles. The molecule has 0 saturated heterocycles. The predicted octanol–water partition coefficient (Wildman–Crippen LogP) is 2.11. The van der Waals surface area contributed by atoms with Gasteiger partial charge in [0.1, 0.15) is 0 Å². The largest absolute Gasteiger partial charge is 0.393 e. The van der Waals surface area contributed by atoms with Gasteiger partial charge in [-0.1, -0.05) is 18.6 Å². The van der Waals surface area contributed by atoms with E-state index in [1.54, 1.807) is 0 Å². The molecule has 2 rings (SSSR count). The molecule has 0 aromatic rings. The Balaban J connectivity index is 2.09. The van der Waals surface area contributed by atoms with Crippen molar-refractivity contribution in [2.24, 2.45) is 11.8 Å². The van der Waals surface area contributed by atoms with Crippen molar-refractivity contribution in [3.63, 3.8) is 0 Å². The summed E-state index contributed by atoms with van der Waals surface area (Å²) in [4.78, 5) is 0. The number of rotatable bonds is 0. The number of aliphatic hydroxyl groups excluding tert-OH is 1. The Bertz CT molecular complexity index is 174. The third-order valence-electron chi connectivity index (χ3n) is 3.25. The normalized spacial score (nSPS) is 44.1. The number of aliphatic hydroxyl groups is 1. The van der Waals surface area contributed by atoms with Crippen molar-refractivity contribution in [3.8, 4) is 0 Å². The lowest BCUT2D eigenvalue weighted by Crippen LogP contribution is -2.28. The highest BCUT2D eigenvalue weighted by molar-refractivity contribution is 5.08. The van der Waals surface area contributed by atoms with Gasteiger partial charge in [-0.25, -0.2) is 0 Å². The molecule has 0 spiro atoms. The molecule has 0 radical (unpaired) electrons. The Morgan fingerprint density at radius 3 is 2.82 bits per heavy atom. The van der Waals surface area contributed by atoms with Crippen LogP contribution in [0.5, 0.6) is 0 Å². The number of allylic oxidation sites excluding steroid dienone is 1. The highest BCUT2D eigenvalue weighted by atomic mass is 16.3. The van der Waals surface area contributed by atoms with Crippen LogP contribution in [0, 0.1) is 11.8 Å². The van der Waals surface area contributed by atoms with Gasteiger partial charge in [-0.15, -0.1) is 0 Å². The van der Waals surface area contributed by atoms with Crippen LogP contribution in [0.4, 0.5) is 0 Å². The van der Waals surface area contributed by atoms with Crippen LogP contribution in [0.3, 0.4) is 0 Å².